The van der Waals surface area contributed by atoms with Crippen LogP contribution in [0.1, 0.15) is 51.3 Å². The zero-order valence-electron chi connectivity index (χ0n) is 21.1. The Balaban J connectivity index is 1.84. The summed E-state index contributed by atoms with van der Waals surface area (Å²) >= 11 is 1.69. The van der Waals surface area contributed by atoms with Crippen LogP contribution in [0.25, 0.3) is 0 Å². The molecule has 1 aromatic heterocycles. The molecule has 0 bridgehead atoms. The standard InChI is InChI=1S/C27H35N3O4S/c1-6-29-24-12-11-22(17(2)27(24)30-28)23(14-26(31)33-5)25-13-20(18(3)35-25)16-34-15-19-7-9-21(32-4)10-8-19/h7-13,23,29-30H,6,14-16,28H2,1-5H3/t23-/m1/s1. The molecule has 0 fully saturated rings. The Labute approximate surface area is 211 Å². The second-order valence-corrected chi connectivity index (χ2v) is 9.57. The number of methoxy groups -OCH3 is 2. The monoisotopic (exact) mass is 497 g/mol. The number of nitrogen functional groups attached to an aromatic ring is 1. The van der Waals surface area contributed by atoms with Gasteiger partial charge in [0.2, 0.25) is 0 Å². The van der Waals surface area contributed by atoms with Gasteiger partial charge in [0, 0.05) is 22.2 Å². The third-order valence-electron chi connectivity index (χ3n) is 6.06. The summed E-state index contributed by atoms with van der Waals surface area (Å²) in [4.78, 5) is 14.6. The molecule has 8 heteroatoms. The highest BCUT2D eigenvalue weighted by Gasteiger charge is 2.25. The predicted molar refractivity (Wildman–Crippen MR) is 142 cm³/mol. The molecule has 0 spiro atoms. The van der Waals surface area contributed by atoms with E-state index in [1.807, 2.05) is 44.2 Å². The van der Waals surface area contributed by atoms with Crippen LogP contribution in [0.4, 0.5) is 11.4 Å². The molecule has 0 amide bonds. The van der Waals surface area contributed by atoms with E-state index in [1.165, 1.54) is 12.0 Å². The van der Waals surface area contributed by atoms with Gasteiger partial charge in [-0.3, -0.25) is 10.6 Å². The number of anilines is 2. The maximum atomic E-state index is 12.4. The molecule has 7 nitrogen and oxygen atoms in total. The summed E-state index contributed by atoms with van der Waals surface area (Å²) in [5.41, 5.74) is 8.83. The van der Waals surface area contributed by atoms with E-state index in [1.54, 1.807) is 18.4 Å². The lowest BCUT2D eigenvalue weighted by molar-refractivity contribution is -0.140. The molecule has 0 aliphatic heterocycles. The van der Waals surface area contributed by atoms with Gasteiger partial charge in [-0.05, 0) is 67.3 Å². The lowest BCUT2D eigenvalue weighted by atomic mass is 9.89. The number of nitrogens with one attached hydrogen (secondary N) is 2. The van der Waals surface area contributed by atoms with Gasteiger partial charge >= 0.3 is 5.97 Å². The van der Waals surface area contributed by atoms with Crippen molar-refractivity contribution in [3.05, 3.63) is 74.5 Å². The summed E-state index contributed by atoms with van der Waals surface area (Å²) < 4.78 is 16.2. The van der Waals surface area contributed by atoms with E-state index in [2.05, 4.69) is 29.8 Å². The lowest BCUT2D eigenvalue weighted by Crippen LogP contribution is -2.15. The molecule has 0 saturated carbocycles. The number of rotatable bonds is 12. The first-order valence-corrected chi connectivity index (χ1v) is 12.4. The molecule has 1 atom stereocenters. The van der Waals surface area contributed by atoms with Crippen molar-refractivity contribution in [2.75, 3.05) is 31.5 Å². The first kappa shape index (κ1) is 26.5. The van der Waals surface area contributed by atoms with Gasteiger partial charge in [0.05, 0.1) is 45.2 Å². The van der Waals surface area contributed by atoms with Crippen LogP contribution in [0.5, 0.6) is 5.75 Å². The van der Waals surface area contributed by atoms with E-state index < -0.39 is 0 Å². The molecule has 0 aliphatic carbocycles. The van der Waals surface area contributed by atoms with Crippen LogP contribution in [-0.2, 0) is 27.5 Å². The second kappa shape index (κ2) is 12.6. The fourth-order valence-electron chi connectivity index (χ4n) is 4.10. The van der Waals surface area contributed by atoms with Crippen molar-refractivity contribution < 1.29 is 19.0 Å². The van der Waals surface area contributed by atoms with Crippen molar-refractivity contribution in [2.45, 2.75) is 46.3 Å². The third-order valence-corrected chi connectivity index (χ3v) is 7.27. The SMILES string of the molecule is CCNc1ccc([C@@H](CC(=O)OC)c2cc(COCc3ccc(OC)cc3)c(C)s2)c(C)c1NN. The average molecular weight is 498 g/mol. The molecule has 0 unspecified atom stereocenters. The Morgan fingerprint density at radius 3 is 2.46 bits per heavy atom. The van der Waals surface area contributed by atoms with E-state index in [4.69, 9.17) is 20.1 Å². The molecule has 2 aromatic carbocycles. The van der Waals surface area contributed by atoms with E-state index in [0.717, 1.165) is 50.8 Å². The highest BCUT2D eigenvalue weighted by molar-refractivity contribution is 7.12. The minimum atomic E-state index is -0.254. The fourth-order valence-corrected chi connectivity index (χ4v) is 5.26. The van der Waals surface area contributed by atoms with Gasteiger partial charge in [-0.2, -0.15) is 0 Å². The van der Waals surface area contributed by atoms with Crippen LogP contribution in [0, 0.1) is 13.8 Å². The maximum Gasteiger partial charge on any atom is 0.306 e. The number of ether oxygens (including phenoxy) is 3. The van der Waals surface area contributed by atoms with E-state index in [-0.39, 0.29) is 18.3 Å². The van der Waals surface area contributed by atoms with Gasteiger partial charge in [-0.1, -0.05) is 18.2 Å². The summed E-state index contributed by atoms with van der Waals surface area (Å²) in [6, 6.07) is 14.1. The number of esters is 1. The quantitative estimate of drug-likeness (QED) is 0.173. The molecule has 0 aliphatic rings. The molecule has 4 N–H and O–H groups in total. The number of carbonyl (C=O) groups excluding carboxylic acids is 1. The molecule has 0 radical (unpaired) electrons. The van der Waals surface area contributed by atoms with Crippen LogP contribution in [-0.4, -0.2) is 26.7 Å². The van der Waals surface area contributed by atoms with Crippen molar-refractivity contribution in [1.29, 1.82) is 0 Å². The predicted octanol–water partition coefficient (Wildman–Crippen LogP) is 5.50. The smallest absolute Gasteiger partial charge is 0.306 e. The molecule has 0 saturated heterocycles. The Bertz CT molecular complexity index is 1130. The fraction of sp³-hybridized carbons (Fsp3) is 0.370. The van der Waals surface area contributed by atoms with Gasteiger partial charge in [0.25, 0.3) is 0 Å². The van der Waals surface area contributed by atoms with E-state index >= 15 is 0 Å². The summed E-state index contributed by atoms with van der Waals surface area (Å²) in [6.07, 6.45) is 0.244. The number of hydrogen-bond acceptors (Lipinski definition) is 8. The Hall–Kier alpha value is -3.07. The number of nitrogens with two attached hydrogens (primary N) is 1. The molecule has 1 heterocycles. The molecular weight excluding hydrogens is 462 g/mol. The highest BCUT2D eigenvalue weighted by atomic mass is 32.1. The summed E-state index contributed by atoms with van der Waals surface area (Å²) in [5, 5.41) is 3.33. The van der Waals surface area contributed by atoms with Gasteiger partial charge in [0.1, 0.15) is 5.75 Å². The molecule has 35 heavy (non-hydrogen) atoms. The molecule has 188 valence electrons. The van der Waals surface area contributed by atoms with Crippen LogP contribution >= 0.6 is 11.3 Å². The second-order valence-electron chi connectivity index (χ2n) is 8.28. The van der Waals surface area contributed by atoms with Crippen LogP contribution < -0.4 is 21.3 Å². The Morgan fingerprint density at radius 1 is 1.09 bits per heavy atom. The topological polar surface area (TPSA) is 94.8 Å². The van der Waals surface area contributed by atoms with Gasteiger partial charge < -0.3 is 25.0 Å². The van der Waals surface area contributed by atoms with Crippen LogP contribution in [0.3, 0.4) is 0 Å². The van der Waals surface area contributed by atoms with Gasteiger partial charge in [0.15, 0.2) is 0 Å². The van der Waals surface area contributed by atoms with E-state index in [0.29, 0.717) is 13.2 Å². The van der Waals surface area contributed by atoms with Crippen molar-refractivity contribution in [3.8, 4) is 5.75 Å². The summed E-state index contributed by atoms with van der Waals surface area (Å²) in [5.74, 6) is 6.28. The normalized spacial score (nSPS) is 11.7. The van der Waals surface area contributed by atoms with Crippen molar-refractivity contribution in [2.24, 2.45) is 5.84 Å². The average Bonchev–Trinajstić information content (AvgIpc) is 3.23. The first-order valence-electron chi connectivity index (χ1n) is 11.6. The number of benzene rings is 2. The first-order chi connectivity index (χ1) is 16.9. The zero-order valence-corrected chi connectivity index (χ0v) is 21.9. The molecule has 3 rings (SSSR count). The van der Waals surface area contributed by atoms with Crippen molar-refractivity contribution in [1.82, 2.24) is 0 Å². The Kier molecular flexibility index (Phi) is 9.54. The number of hydrogen-bond donors (Lipinski definition) is 3. The maximum absolute atomic E-state index is 12.4. The lowest BCUT2D eigenvalue weighted by Gasteiger charge is -2.22. The van der Waals surface area contributed by atoms with E-state index in [9.17, 15) is 4.79 Å². The summed E-state index contributed by atoms with van der Waals surface area (Å²) in [6.45, 7) is 7.93. The van der Waals surface area contributed by atoms with Crippen LogP contribution in [0.2, 0.25) is 0 Å². The number of aryl methyl sites for hydroxylation is 1. The highest BCUT2D eigenvalue weighted by Crippen LogP contribution is 2.40. The zero-order chi connectivity index (χ0) is 25.4. The minimum Gasteiger partial charge on any atom is -0.497 e. The van der Waals surface area contributed by atoms with Crippen LogP contribution in [0.15, 0.2) is 42.5 Å². The summed E-state index contributed by atoms with van der Waals surface area (Å²) in [7, 11) is 3.08. The number of carbonyl (C=O) groups is 1. The number of thiophene rings is 1. The third kappa shape index (κ3) is 6.54. The minimum absolute atomic E-state index is 0.149. The van der Waals surface area contributed by atoms with Crippen molar-refractivity contribution >= 4 is 28.7 Å². The van der Waals surface area contributed by atoms with Crippen molar-refractivity contribution in [3.63, 3.8) is 0 Å². The largest absolute Gasteiger partial charge is 0.497 e. The number of hydrazine groups is 1. The van der Waals surface area contributed by atoms with Gasteiger partial charge in [-0.25, -0.2) is 0 Å². The molecule has 3 aromatic rings. The molecular formula is C27H35N3O4S. The van der Waals surface area contributed by atoms with Gasteiger partial charge in [-0.15, -0.1) is 11.3 Å². The Morgan fingerprint density at radius 2 is 1.83 bits per heavy atom.